The summed E-state index contributed by atoms with van der Waals surface area (Å²) in [5.41, 5.74) is 5.00. The van der Waals surface area contributed by atoms with Crippen LogP contribution in [0.2, 0.25) is 0 Å². The largest absolute Gasteiger partial charge is 0.386 e. The van der Waals surface area contributed by atoms with E-state index in [1.807, 2.05) is 24.5 Å². The molecule has 6 rings (SSSR count). The molecule has 1 saturated carbocycles. The molecule has 0 unspecified atom stereocenters. The van der Waals surface area contributed by atoms with Crippen LogP contribution in [0.4, 0.5) is 0 Å². The van der Waals surface area contributed by atoms with E-state index in [1.54, 1.807) is 12.1 Å². The van der Waals surface area contributed by atoms with E-state index in [0.29, 0.717) is 22.6 Å². The van der Waals surface area contributed by atoms with Crippen LogP contribution in [0.15, 0.2) is 54.9 Å². The number of fused-ring (bicyclic) bond motifs is 1. The minimum atomic E-state index is -0.586. The van der Waals surface area contributed by atoms with Crippen LogP contribution in [0.25, 0.3) is 32.9 Å². The summed E-state index contributed by atoms with van der Waals surface area (Å²) in [4.78, 5) is 29.1. The predicted molar refractivity (Wildman–Crippen MR) is 115 cm³/mol. The number of cyclic esters (lactones) is 2. The number of nitrogens with zero attached hydrogens (tertiary/aromatic N) is 2. The Kier molecular flexibility index (Phi) is 3.78. The Labute approximate surface area is 173 Å². The van der Waals surface area contributed by atoms with Gasteiger partial charge in [0.15, 0.2) is 0 Å². The van der Waals surface area contributed by atoms with Gasteiger partial charge in [0.2, 0.25) is 0 Å². The molecule has 30 heavy (non-hydrogen) atoms. The monoisotopic (exact) mass is 396 g/mol. The van der Waals surface area contributed by atoms with Crippen molar-refractivity contribution >= 4 is 33.7 Å². The lowest BCUT2D eigenvalue weighted by Gasteiger charge is -2.23. The first-order valence-corrected chi connectivity index (χ1v) is 10.5. The van der Waals surface area contributed by atoms with Crippen molar-refractivity contribution in [3.63, 3.8) is 0 Å². The molecule has 0 radical (unpaired) electrons. The molecule has 5 nitrogen and oxygen atoms in total. The molecule has 3 aromatic carbocycles. The maximum atomic E-state index is 12.2. The van der Waals surface area contributed by atoms with Crippen LogP contribution in [0.3, 0.4) is 0 Å². The van der Waals surface area contributed by atoms with Gasteiger partial charge in [-0.2, -0.15) is 0 Å². The topological polar surface area (TPSA) is 61.2 Å². The third-order valence-corrected chi connectivity index (χ3v) is 6.52. The van der Waals surface area contributed by atoms with Crippen LogP contribution in [0.1, 0.15) is 58.9 Å². The molecule has 0 spiro atoms. The summed E-state index contributed by atoms with van der Waals surface area (Å²) < 4.78 is 7.20. The average Bonchev–Trinajstić information content (AvgIpc) is 3.21. The van der Waals surface area contributed by atoms with Crippen molar-refractivity contribution in [1.29, 1.82) is 0 Å². The van der Waals surface area contributed by atoms with Crippen molar-refractivity contribution in [2.75, 3.05) is 0 Å². The van der Waals surface area contributed by atoms with Crippen LogP contribution in [0, 0.1) is 0 Å². The Balaban J connectivity index is 1.51. The number of hydrogen-bond donors (Lipinski definition) is 0. The smallest absolute Gasteiger partial charge is 0.346 e. The van der Waals surface area contributed by atoms with Gasteiger partial charge < -0.3 is 9.30 Å². The predicted octanol–water partition coefficient (Wildman–Crippen LogP) is 5.67. The first kappa shape index (κ1) is 17.4. The summed E-state index contributed by atoms with van der Waals surface area (Å²) in [6, 6.07) is 16.1. The fourth-order valence-corrected chi connectivity index (χ4v) is 5.04. The number of esters is 2. The summed E-state index contributed by atoms with van der Waals surface area (Å²) in [6.45, 7) is 0. The first-order valence-electron chi connectivity index (χ1n) is 10.5. The van der Waals surface area contributed by atoms with Crippen LogP contribution >= 0.6 is 0 Å². The number of aromatic nitrogens is 2. The molecule has 0 saturated heterocycles. The second kappa shape index (κ2) is 6.52. The van der Waals surface area contributed by atoms with E-state index in [-0.39, 0.29) is 0 Å². The van der Waals surface area contributed by atoms with E-state index in [0.717, 1.165) is 27.5 Å². The highest BCUT2D eigenvalue weighted by molar-refractivity contribution is 6.22. The van der Waals surface area contributed by atoms with Crippen LogP contribution in [-0.4, -0.2) is 21.5 Å². The van der Waals surface area contributed by atoms with Gasteiger partial charge >= 0.3 is 11.9 Å². The lowest BCUT2D eigenvalue weighted by molar-refractivity contribution is 0.0391. The van der Waals surface area contributed by atoms with Crippen molar-refractivity contribution in [1.82, 2.24) is 9.55 Å². The highest BCUT2D eigenvalue weighted by atomic mass is 16.6. The minimum absolute atomic E-state index is 0.437. The number of rotatable bonds is 2. The van der Waals surface area contributed by atoms with Gasteiger partial charge in [-0.3, -0.25) is 0 Å². The van der Waals surface area contributed by atoms with Crippen molar-refractivity contribution in [3.8, 4) is 11.1 Å². The Hall–Kier alpha value is -3.47. The molecule has 1 aliphatic heterocycles. The average molecular weight is 396 g/mol. The third kappa shape index (κ3) is 2.51. The fourth-order valence-electron chi connectivity index (χ4n) is 5.04. The number of carbonyl (C=O) groups is 2. The molecular weight excluding hydrogens is 376 g/mol. The van der Waals surface area contributed by atoms with Gasteiger partial charge in [-0.05, 0) is 53.6 Å². The molecule has 148 valence electrons. The molecule has 0 bridgehead atoms. The summed E-state index contributed by atoms with van der Waals surface area (Å²) in [7, 11) is 0. The van der Waals surface area contributed by atoms with E-state index in [9.17, 15) is 9.59 Å². The van der Waals surface area contributed by atoms with Crippen molar-refractivity contribution in [2.24, 2.45) is 0 Å². The number of hydrogen-bond acceptors (Lipinski definition) is 4. The molecule has 0 amide bonds. The summed E-state index contributed by atoms with van der Waals surface area (Å²) in [5, 5.41) is 1.55. The molecule has 5 heteroatoms. The van der Waals surface area contributed by atoms with Crippen molar-refractivity contribution < 1.29 is 14.3 Å². The molecule has 2 aliphatic rings. The van der Waals surface area contributed by atoms with Crippen molar-refractivity contribution in [2.45, 2.75) is 38.1 Å². The zero-order valence-corrected chi connectivity index (χ0v) is 16.4. The Morgan fingerprint density at radius 1 is 0.867 bits per heavy atom. The number of ether oxygens (including phenoxy) is 1. The summed E-state index contributed by atoms with van der Waals surface area (Å²) in [5.74, 6) is -1.17. The molecule has 1 fully saturated rings. The summed E-state index contributed by atoms with van der Waals surface area (Å²) >= 11 is 0. The van der Waals surface area contributed by atoms with Gasteiger partial charge in [0, 0.05) is 11.4 Å². The number of imidazole rings is 1. The zero-order valence-electron chi connectivity index (χ0n) is 16.4. The maximum Gasteiger partial charge on any atom is 0.346 e. The Morgan fingerprint density at radius 3 is 2.47 bits per heavy atom. The summed E-state index contributed by atoms with van der Waals surface area (Å²) in [6.07, 6.45) is 8.29. The normalized spacial score (nSPS) is 16.9. The lowest BCUT2D eigenvalue weighted by Crippen LogP contribution is -2.19. The molecule has 0 atom stereocenters. The molecule has 1 aromatic heterocycles. The molecule has 1 aliphatic carbocycles. The van der Waals surface area contributed by atoms with Crippen molar-refractivity contribution in [3.05, 3.63) is 66.0 Å². The molecule has 2 heterocycles. The molecule has 4 aromatic rings. The van der Waals surface area contributed by atoms with Crippen LogP contribution in [-0.2, 0) is 4.74 Å². The van der Waals surface area contributed by atoms with Gasteiger partial charge in [0.05, 0.1) is 28.5 Å². The van der Waals surface area contributed by atoms with Gasteiger partial charge in [-0.1, -0.05) is 43.5 Å². The first-order chi connectivity index (χ1) is 14.7. The lowest BCUT2D eigenvalue weighted by atomic mass is 9.91. The number of benzene rings is 3. The van der Waals surface area contributed by atoms with Gasteiger partial charge in [-0.15, -0.1) is 0 Å². The zero-order chi connectivity index (χ0) is 20.2. The maximum absolute atomic E-state index is 12.2. The second-order valence-electron chi connectivity index (χ2n) is 8.21. The highest BCUT2D eigenvalue weighted by Gasteiger charge is 2.28. The number of carbonyl (C=O) groups excluding carboxylic acids is 2. The fraction of sp³-hybridized carbons (Fsp3) is 0.240. The quantitative estimate of drug-likeness (QED) is 0.323. The second-order valence-corrected chi connectivity index (χ2v) is 8.21. The molecule has 0 N–H and O–H groups in total. The van der Waals surface area contributed by atoms with E-state index in [1.165, 1.54) is 32.1 Å². The van der Waals surface area contributed by atoms with E-state index in [2.05, 4.69) is 27.8 Å². The Morgan fingerprint density at radius 2 is 1.63 bits per heavy atom. The van der Waals surface area contributed by atoms with E-state index in [4.69, 9.17) is 4.74 Å². The third-order valence-electron chi connectivity index (χ3n) is 6.52. The van der Waals surface area contributed by atoms with E-state index >= 15 is 0 Å². The SMILES string of the molecule is O=C1OC(=O)c2ccc(-c3ccc4c(c3)ncn4C3CCCCC3)c3cccc1c23. The van der Waals surface area contributed by atoms with Gasteiger partial charge in [-0.25, -0.2) is 14.6 Å². The van der Waals surface area contributed by atoms with Crippen LogP contribution in [0.5, 0.6) is 0 Å². The Bertz CT molecular complexity index is 1330. The standard InChI is InChI=1S/C25H20N2O3/c28-24-19-8-4-7-18-17(10-11-20(23(18)19)25(29)30-24)15-9-12-22-21(13-15)26-14-27(22)16-5-2-1-3-6-16/h4,7-14,16H,1-3,5-6H2. The minimum Gasteiger partial charge on any atom is -0.386 e. The highest BCUT2D eigenvalue weighted by Crippen LogP contribution is 2.37. The van der Waals surface area contributed by atoms with Gasteiger partial charge in [0.25, 0.3) is 0 Å². The van der Waals surface area contributed by atoms with Crippen LogP contribution < -0.4 is 0 Å². The van der Waals surface area contributed by atoms with Gasteiger partial charge in [0.1, 0.15) is 0 Å². The van der Waals surface area contributed by atoms with E-state index < -0.39 is 11.9 Å². The molecular formula is C25H20N2O3.